The number of anilines is 3. The van der Waals surface area contributed by atoms with Gasteiger partial charge in [0.2, 0.25) is 0 Å². The van der Waals surface area contributed by atoms with Crippen molar-refractivity contribution in [1.82, 2.24) is 0 Å². The highest BCUT2D eigenvalue weighted by molar-refractivity contribution is 6.21. The molecule has 0 aliphatic carbocycles. The molecule has 6 heteroatoms. The molecule has 0 radical (unpaired) electrons. The summed E-state index contributed by atoms with van der Waals surface area (Å²) >= 11 is 5.87. The Bertz CT molecular complexity index is 860. The van der Waals surface area contributed by atoms with Gasteiger partial charge in [0.05, 0.1) is 0 Å². The van der Waals surface area contributed by atoms with E-state index in [9.17, 15) is 4.39 Å². The second kappa shape index (κ2) is 12.6. The van der Waals surface area contributed by atoms with Crippen molar-refractivity contribution in [2.24, 2.45) is 4.99 Å². The minimum atomic E-state index is -0.542. The lowest BCUT2D eigenvalue weighted by Gasteiger charge is -2.13. The molecule has 156 valence electrons. The molecule has 0 aliphatic rings. The van der Waals surface area contributed by atoms with Gasteiger partial charge in [0, 0.05) is 17.1 Å². The van der Waals surface area contributed by atoms with Gasteiger partial charge in [0.1, 0.15) is 5.50 Å². The minimum absolute atomic E-state index is 0.0987. The average molecular weight is 417 g/mol. The lowest BCUT2D eigenvalue weighted by atomic mass is 10.0. The number of benzene rings is 2. The normalized spacial score (nSPS) is 12.6. The number of hydrogen-bond acceptors (Lipinski definition) is 3. The van der Waals surface area contributed by atoms with Crippen LogP contribution in [0.25, 0.3) is 0 Å². The molecule has 5 N–H and O–H groups in total. The van der Waals surface area contributed by atoms with E-state index < -0.39 is 11.3 Å². The third-order valence-corrected chi connectivity index (χ3v) is 3.92. The van der Waals surface area contributed by atoms with E-state index in [1.807, 2.05) is 37.3 Å². The Hall–Kier alpha value is -2.79. The summed E-state index contributed by atoms with van der Waals surface area (Å²) in [5, 5.41) is 2.98. The van der Waals surface area contributed by atoms with Gasteiger partial charge in [-0.05, 0) is 81.1 Å². The molecular weight excluding hydrogens is 387 g/mol. The lowest BCUT2D eigenvalue weighted by Crippen LogP contribution is -2.15. The first-order chi connectivity index (χ1) is 13.8. The van der Waals surface area contributed by atoms with Crippen LogP contribution in [0.3, 0.4) is 0 Å². The Morgan fingerprint density at radius 1 is 1.21 bits per heavy atom. The number of rotatable bonds is 6. The summed E-state index contributed by atoms with van der Waals surface area (Å²) in [4.78, 5) is 4.08. The fourth-order valence-electron chi connectivity index (χ4n) is 2.53. The van der Waals surface area contributed by atoms with E-state index in [0.29, 0.717) is 11.4 Å². The number of allylic oxidation sites excluding steroid dienone is 2. The second-order valence-corrected chi connectivity index (χ2v) is 7.01. The molecule has 2 rings (SSSR count). The third kappa shape index (κ3) is 8.83. The predicted molar refractivity (Wildman–Crippen MR) is 126 cm³/mol. The number of halogens is 2. The van der Waals surface area contributed by atoms with E-state index in [1.54, 1.807) is 32.1 Å². The molecule has 29 heavy (non-hydrogen) atoms. The number of nitrogens with one attached hydrogen (secondary N) is 1. The summed E-state index contributed by atoms with van der Waals surface area (Å²) < 4.78 is 14.0. The number of hydrogen-bond donors (Lipinski definition) is 3. The third-order valence-electron chi connectivity index (χ3n) is 3.83. The maximum atomic E-state index is 14.0. The number of aliphatic imine (C=N–C) groups is 1. The van der Waals surface area contributed by atoms with E-state index in [-0.39, 0.29) is 5.84 Å². The Balaban J connectivity index is 0.00000132. The fraction of sp³-hybridized carbons (Fsp3) is 0.261. The Morgan fingerprint density at radius 3 is 2.48 bits per heavy atom. The summed E-state index contributed by atoms with van der Waals surface area (Å²) in [6, 6.07) is 13.3. The van der Waals surface area contributed by atoms with Crippen molar-refractivity contribution in [3.63, 3.8) is 0 Å². The SMILES string of the molecule is C/C=C(F)\C(=N/C(C)Cl)Nc1ccc(N)c(CCc2cccc(N)c2)c1.C=CC. The van der Waals surface area contributed by atoms with Crippen LogP contribution >= 0.6 is 11.6 Å². The van der Waals surface area contributed by atoms with Crippen LogP contribution in [0.2, 0.25) is 0 Å². The van der Waals surface area contributed by atoms with E-state index in [2.05, 4.69) is 16.9 Å². The molecule has 0 spiro atoms. The zero-order valence-corrected chi connectivity index (χ0v) is 18.0. The number of amidine groups is 1. The van der Waals surface area contributed by atoms with Crippen LogP contribution in [-0.4, -0.2) is 11.3 Å². The van der Waals surface area contributed by atoms with E-state index >= 15 is 0 Å². The molecular formula is C23H30ClFN4. The molecule has 4 nitrogen and oxygen atoms in total. The van der Waals surface area contributed by atoms with Gasteiger partial charge < -0.3 is 16.8 Å². The first-order valence-electron chi connectivity index (χ1n) is 9.41. The molecule has 0 amide bonds. The van der Waals surface area contributed by atoms with Gasteiger partial charge in [-0.3, -0.25) is 0 Å². The highest BCUT2D eigenvalue weighted by Crippen LogP contribution is 2.21. The Kier molecular flexibility index (Phi) is 10.6. The first-order valence-corrected chi connectivity index (χ1v) is 9.85. The van der Waals surface area contributed by atoms with Crippen molar-refractivity contribution in [3.05, 3.63) is 78.1 Å². The molecule has 0 fully saturated rings. The Labute approximate surface area is 178 Å². The van der Waals surface area contributed by atoms with Crippen molar-refractivity contribution in [2.45, 2.75) is 39.1 Å². The van der Waals surface area contributed by atoms with Gasteiger partial charge in [0.15, 0.2) is 11.7 Å². The van der Waals surface area contributed by atoms with Crippen molar-refractivity contribution in [1.29, 1.82) is 0 Å². The molecule has 0 bridgehead atoms. The minimum Gasteiger partial charge on any atom is -0.399 e. The second-order valence-electron chi connectivity index (χ2n) is 6.38. The number of nitrogens with two attached hydrogens (primary N) is 2. The maximum Gasteiger partial charge on any atom is 0.163 e. The topological polar surface area (TPSA) is 76.4 Å². The van der Waals surface area contributed by atoms with Crippen LogP contribution in [0.4, 0.5) is 21.5 Å². The first kappa shape index (κ1) is 24.2. The number of nitrogen functional groups attached to an aromatic ring is 2. The van der Waals surface area contributed by atoms with E-state index in [4.69, 9.17) is 23.1 Å². The molecule has 0 saturated carbocycles. The van der Waals surface area contributed by atoms with Crippen molar-refractivity contribution >= 4 is 34.5 Å². The van der Waals surface area contributed by atoms with E-state index in [0.717, 1.165) is 29.7 Å². The molecule has 0 aliphatic heterocycles. The summed E-state index contributed by atoms with van der Waals surface area (Å²) in [6.07, 6.45) is 4.64. The van der Waals surface area contributed by atoms with E-state index in [1.165, 1.54) is 6.08 Å². The molecule has 0 aromatic heterocycles. The Morgan fingerprint density at radius 2 is 1.90 bits per heavy atom. The van der Waals surface area contributed by atoms with Gasteiger partial charge in [0.25, 0.3) is 0 Å². The zero-order valence-electron chi connectivity index (χ0n) is 17.3. The standard InChI is InChI=1S/C20H24ClFN4.C3H6/c1-3-18(22)20(25-13(2)21)26-17-9-10-19(24)15(12-17)8-7-14-5-4-6-16(23)11-14;1-3-2/h3-6,9-13H,7-8,23-24H2,1-2H3,(H,25,26);3H,1H2,2H3/b18-3+;. The number of alkyl halides is 1. The van der Waals surface area contributed by atoms with Gasteiger partial charge in [-0.2, -0.15) is 0 Å². The number of nitrogens with zero attached hydrogens (tertiary/aromatic N) is 1. The summed E-state index contributed by atoms with van der Waals surface area (Å²) in [5.74, 6) is -0.364. The van der Waals surface area contributed by atoms with Gasteiger partial charge in [-0.25, -0.2) is 9.38 Å². The molecule has 1 atom stereocenters. The monoisotopic (exact) mass is 416 g/mol. The molecule has 1 unspecified atom stereocenters. The largest absolute Gasteiger partial charge is 0.399 e. The van der Waals surface area contributed by atoms with Gasteiger partial charge >= 0.3 is 0 Å². The zero-order chi connectivity index (χ0) is 21.8. The number of aryl methyl sites for hydroxylation is 2. The van der Waals surface area contributed by atoms with Crippen LogP contribution in [0.5, 0.6) is 0 Å². The quantitative estimate of drug-likeness (QED) is 0.133. The maximum absolute atomic E-state index is 14.0. The van der Waals surface area contributed by atoms with Crippen molar-refractivity contribution in [3.8, 4) is 0 Å². The lowest BCUT2D eigenvalue weighted by molar-refractivity contribution is 0.677. The highest BCUT2D eigenvalue weighted by atomic mass is 35.5. The molecule has 0 saturated heterocycles. The van der Waals surface area contributed by atoms with Crippen LogP contribution in [0, 0.1) is 0 Å². The van der Waals surface area contributed by atoms with Crippen LogP contribution < -0.4 is 16.8 Å². The molecule has 2 aromatic carbocycles. The van der Waals surface area contributed by atoms with Crippen LogP contribution in [0.1, 0.15) is 31.9 Å². The van der Waals surface area contributed by atoms with Gasteiger partial charge in [-0.1, -0.05) is 29.8 Å². The van der Waals surface area contributed by atoms with Gasteiger partial charge in [-0.15, -0.1) is 6.58 Å². The molecule has 2 aromatic rings. The van der Waals surface area contributed by atoms with Crippen LogP contribution in [0.15, 0.2) is 72.0 Å². The van der Waals surface area contributed by atoms with Crippen molar-refractivity contribution < 1.29 is 4.39 Å². The summed E-state index contributed by atoms with van der Waals surface area (Å²) in [7, 11) is 0. The average Bonchev–Trinajstić information content (AvgIpc) is 2.67. The summed E-state index contributed by atoms with van der Waals surface area (Å²) in [6.45, 7) is 8.53. The molecule has 0 heterocycles. The summed E-state index contributed by atoms with van der Waals surface area (Å²) in [5.41, 5.74) is 15.6. The predicted octanol–water partition coefficient (Wildman–Crippen LogP) is 6.10. The fourth-order valence-corrected chi connectivity index (χ4v) is 2.63. The van der Waals surface area contributed by atoms with Crippen molar-refractivity contribution in [2.75, 3.05) is 16.8 Å². The smallest absolute Gasteiger partial charge is 0.163 e. The highest BCUT2D eigenvalue weighted by Gasteiger charge is 2.09. The van der Waals surface area contributed by atoms with Crippen LogP contribution in [-0.2, 0) is 12.8 Å².